The molecule has 0 unspecified atom stereocenters. The molecule has 0 aliphatic heterocycles. The second kappa shape index (κ2) is 9.20. The van der Waals surface area contributed by atoms with Gasteiger partial charge in [0.05, 0.1) is 0 Å². The van der Waals surface area contributed by atoms with Crippen LogP contribution in [0.25, 0.3) is 0 Å². The number of hydrogen-bond donors (Lipinski definition) is 1. The third kappa shape index (κ3) is 4.81. The van der Waals surface area contributed by atoms with Gasteiger partial charge in [-0.25, -0.2) is 0 Å². The van der Waals surface area contributed by atoms with Crippen molar-refractivity contribution in [1.29, 1.82) is 0 Å². The second-order valence-corrected chi connectivity index (χ2v) is 5.75. The lowest BCUT2D eigenvalue weighted by Gasteiger charge is -2.17. The molecule has 0 aliphatic carbocycles. The van der Waals surface area contributed by atoms with E-state index in [0.29, 0.717) is 18.9 Å². The summed E-state index contributed by atoms with van der Waals surface area (Å²) in [6, 6.07) is 15.6. The van der Waals surface area contributed by atoms with E-state index in [4.69, 9.17) is 9.47 Å². The Bertz CT molecular complexity index is 673. The number of nitrogens with zero attached hydrogens (tertiary/aromatic N) is 2. The van der Waals surface area contributed by atoms with Crippen LogP contribution in [0.1, 0.15) is 36.8 Å². The molecule has 0 saturated heterocycles. The van der Waals surface area contributed by atoms with Crippen LogP contribution in [-0.2, 0) is 9.47 Å². The first-order valence-electron chi connectivity index (χ1n) is 8.44. The molecule has 2 aromatic rings. The maximum absolute atomic E-state index is 9.49. The van der Waals surface area contributed by atoms with Crippen LogP contribution in [0, 0.1) is 0 Å². The van der Waals surface area contributed by atoms with Crippen molar-refractivity contribution in [3.8, 4) is 0 Å². The standard InChI is InChI=1S/C20H26N2O3/c1-5-24-20(25-6-2)17-9-7-15(8-10-17)19(21-23)16-11-13-18(14-12-16)22(3)4/h7-14,20,23H,5-6H2,1-4H3/b21-19+. The maximum atomic E-state index is 9.49. The zero-order valence-corrected chi connectivity index (χ0v) is 15.3. The van der Waals surface area contributed by atoms with Gasteiger partial charge in [0.2, 0.25) is 0 Å². The van der Waals surface area contributed by atoms with Crippen LogP contribution >= 0.6 is 0 Å². The molecule has 2 rings (SSSR count). The SMILES string of the molecule is CCOC(OCC)c1ccc(/C(=N\O)c2ccc(N(C)C)cc2)cc1. The van der Waals surface area contributed by atoms with E-state index < -0.39 is 0 Å². The van der Waals surface area contributed by atoms with Crippen molar-refractivity contribution in [3.63, 3.8) is 0 Å². The fraction of sp³-hybridized carbons (Fsp3) is 0.350. The Morgan fingerprint density at radius 2 is 1.40 bits per heavy atom. The molecule has 2 aromatic carbocycles. The molecule has 0 bridgehead atoms. The van der Waals surface area contributed by atoms with E-state index >= 15 is 0 Å². The molecule has 0 fully saturated rings. The predicted octanol–water partition coefficient (Wildman–Crippen LogP) is 4.05. The molecular formula is C20H26N2O3. The number of rotatable bonds is 8. The summed E-state index contributed by atoms with van der Waals surface area (Å²) < 4.78 is 11.2. The van der Waals surface area contributed by atoms with E-state index in [1.165, 1.54) is 0 Å². The van der Waals surface area contributed by atoms with Gasteiger partial charge in [-0.05, 0) is 26.0 Å². The fourth-order valence-corrected chi connectivity index (χ4v) is 2.54. The van der Waals surface area contributed by atoms with Crippen LogP contribution in [0.15, 0.2) is 53.7 Å². The number of oxime groups is 1. The first-order chi connectivity index (χ1) is 12.1. The molecule has 5 nitrogen and oxygen atoms in total. The van der Waals surface area contributed by atoms with E-state index in [-0.39, 0.29) is 6.29 Å². The highest BCUT2D eigenvalue weighted by atomic mass is 16.7. The van der Waals surface area contributed by atoms with Crippen molar-refractivity contribution < 1.29 is 14.7 Å². The molecular weight excluding hydrogens is 316 g/mol. The Kier molecular flexibility index (Phi) is 6.98. The third-order valence-corrected chi connectivity index (χ3v) is 3.85. The molecule has 134 valence electrons. The van der Waals surface area contributed by atoms with Gasteiger partial charge in [0.15, 0.2) is 6.29 Å². The second-order valence-electron chi connectivity index (χ2n) is 5.75. The lowest BCUT2D eigenvalue weighted by Crippen LogP contribution is -2.10. The lowest BCUT2D eigenvalue weighted by molar-refractivity contribution is -0.140. The van der Waals surface area contributed by atoms with Gasteiger partial charge < -0.3 is 19.6 Å². The van der Waals surface area contributed by atoms with Crippen molar-refractivity contribution in [2.24, 2.45) is 5.16 Å². The Morgan fingerprint density at radius 3 is 1.80 bits per heavy atom. The van der Waals surface area contributed by atoms with Gasteiger partial charge in [0.25, 0.3) is 0 Å². The number of anilines is 1. The average Bonchev–Trinajstić information content (AvgIpc) is 2.63. The Balaban J connectivity index is 2.24. The van der Waals surface area contributed by atoms with Crippen LogP contribution < -0.4 is 4.90 Å². The van der Waals surface area contributed by atoms with Gasteiger partial charge in [-0.15, -0.1) is 0 Å². The highest BCUT2D eigenvalue weighted by molar-refractivity contribution is 6.12. The Morgan fingerprint density at radius 1 is 0.920 bits per heavy atom. The predicted molar refractivity (Wildman–Crippen MR) is 101 cm³/mol. The molecule has 5 heteroatoms. The number of hydrogen-bond acceptors (Lipinski definition) is 5. The highest BCUT2D eigenvalue weighted by Gasteiger charge is 2.13. The quantitative estimate of drug-likeness (QED) is 0.340. The smallest absolute Gasteiger partial charge is 0.183 e. The van der Waals surface area contributed by atoms with E-state index in [9.17, 15) is 5.21 Å². The summed E-state index contributed by atoms with van der Waals surface area (Å²) in [5, 5.41) is 13.0. The van der Waals surface area contributed by atoms with Crippen molar-refractivity contribution in [2.45, 2.75) is 20.1 Å². The Hall–Kier alpha value is -2.37. The molecule has 0 aromatic heterocycles. The van der Waals surface area contributed by atoms with Crippen molar-refractivity contribution >= 4 is 11.4 Å². The van der Waals surface area contributed by atoms with E-state index in [1.807, 2.05) is 81.4 Å². The monoisotopic (exact) mass is 342 g/mol. The Labute approximate surface area is 149 Å². The molecule has 0 heterocycles. The summed E-state index contributed by atoms with van der Waals surface area (Å²) in [6.07, 6.45) is -0.377. The highest BCUT2D eigenvalue weighted by Crippen LogP contribution is 2.21. The topological polar surface area (TPSA) is 54.3 Å². The minimum atomic E-state index is -0.377. The van der Waals surface area contributed by atoms with E-state index in [0.717, 1.165) is 22.4 Å². The summed E-state index contributed by atoms with van der Waals surface area (Å²) in [4.78, 5) is 2.02. The van der Waals surface area contributed by atoms with Crippen LogP contribution in [0.3, 0.4) is 0 Å². The third-order valence-electron chi connectivity index (χ3n) is 3.85. The van der Waals surface area contributed by atoms with Gasteiger partial charge >= 0.3 is 0 Å². The van der Waals surface area contributed by atoms with Gasteiger partial charge in [0, 0.05) is 49.7 Å². The molecule has 0 spiro atoms. The van der Waals surface area contributed by atoms with Gasteiger partial charge in [-0.3, -0.25) is 0 Å². The first-order valence-corrected chi connectivity index (χ1v) is 8.44. The summed E-state index contributed by atoms with van der Waals surface area (Å²) >= 11 is 0. The van der Waals surface area contributed by atoms with Crippen molar-refractivity contribution in [2.75, 3.05) is 32.2 Å². The number of ether oxygens (including phenoxy) is 2. The molecule has 0 radical (unpaired) electrons. The van der Waals surface area contributed by atoms with Crippen molar-refractivity contribution in [1.82, 2.24) is 0 Å². The zero-order valence-electron chi connectivity index (χ0n) is 15.3. The van der Waals surface area contributed by atoms with Crippen LogP contribution in [0.4, 0.5) is 5.69 Å². The summed E-state index contributed by atoms with van der Waals surface area (Å²) in [7, 11) is 3.98. The van der Waals surface area contributed by atoms with Crippen LogP contribution in [0.2, 0.25) is 0 Å². The number of benzene rings is 2. The molecule has 25 heavy (non-hydrogen) atoms. The fourth-order valence-electron chi connectivity index (χ4n) is 2.54. The maximum Gasteiger partial charge on any atom is 0.183 e. The van der Waals surface area contributed by atoms with Crippen LogP contribution in [0.5, 0.6) is 0 Å². The normalized spacial score (nSPS) is 11.8. The van der Waals surface area contributed by atoms with E-state index in [2.05, 4.69) is 5.16 Å². The summed E-state index contributed by atoms with van der Waals surface area (Å²) in [5.74, 6) is 0. The zero-order chi connectivity index (χ0) is 18.2. The van der Waals surface area contributed by atoms with Crippen LogP contribution in [-0.4, -0.2) is 38.2 Å². The van der Waals surface area contributed by atoms with Gasteiger partial charge in [0.1, 0.15) is 5.71 Å². The largest absolute Gasteiger partial charge is 0.410 e. The molecule has 0 saturated carbocycles. The minimum Gasteiger partial charge on any atom is -0.410 e. The van der Waals surface area contributed by atoms with Crippen molar-refractivity contribution in [3.05, 3.63) is 65.2 Å². The first kappa shape index (κ1) is 19.0. The molecule has 0 aliphatic rings. The minimum absolute atomic E-state index is 0.377. The summed E-state index contributed by atoms with van der Waals surface area (Å²) in [6.45, 7) is 5.03. The van der Waals surface area contributed by atoms with E-state index in [1.54, 1.807) is 0 Å². The summed E-state index contributed by atoms with van der Waals surface area (Å²) in [5.41, 5.74) is 4.24. The molecule has 1 N–H and O–H groups in total. The average molecular weight is 342 g/mol. The van der Waals surface area contributed by atoms with Gasteiger partial charge in [-0.1, -0.05) is 41.6 Å². The van der Waals surface area contributed by atoms with Gasteiger partial charge in [-0.2, -0.15) is 0 Å². The molecule has 0 amide bonds. The molecule has 0 atom stereocenters. The lowest BCUT2D eigenvalue weighted by atomic mass is 10.0.